The lowest BCUT2D eigenvalue weighted by Crippen LogP contribution is -2.35. The molecule has 5 heterocycles. The summed E-state index contributed by atoms with van der Waals surface area (Å²) in [6.45, 7) is 4.75. The highest BCUT2D eigenvalue weighted by Gasteiger charge is 2.14. The highest BCUT2D eigenvalue weighted by molar-refractivity contribution is 5.63. The van der Waals surface area contributed by atoms with Gasteiger partial charge in [0.15, 0.2) is 5.82 Å². The van der Waals surface area contributed by atoms with Gasteiger partial charge >= 0.3 is 0 Å². The Labute approximate surface area is 184 Å². The number of ether oxygens (including phenoxy) is 1. The molecule has 0 radical (unpaired) electrons. The van der Waals surface area contributed by atoms with Crippen LogP contribution in [-0.4, -0.2) is 60.3 Å². The minimum Gasteiger partial charge on any atom is -0.379 e. The quantitative estimate of drug-likeness (QED) is 0.431. The molecule has 2 N–H and O–H groups in total. The maximum atomic E-state index is 7.42. The fraction of sp³-hybridized carbons (Fsp3) is 0.333. The number of rotatable bonds is 7. The zero-order valence-electron chi connectivity index (χ0n) is 17.8. The van der Waals surface area contributed by atoms with Crippen LogP contribution in [0.15, 0.2) is 48.2 Å². The molecule has 11 heteroatoms. The molecular weight excluding hydrogens is 408 g/mol. The number of aromatic nitrogens is 6. The number of pyridine rings is 1. The standard InChI is InChI=1S/C21H24N10O/c1-29-13-16(9-26-29)18-11-25-21(28-22)20(27-18)24-8-15-2-3-19-23-10-17(31(19)12-15)14-30-4-6-32-7-5-30/h2-3,9-13,22H,4-8,14H2,1H3,(H,24,27). The molecule has 0 bridgehead atoms. The van der Waals surface area contributed by atoms with Crippen LogP contribution in [0.5, 0.6) is 0 Å². The third-order valence-corrected chi connectivity index (χ3v) is 5.45. The Morgan fingerprint density at radius 2 is 2.00 bits per heavy atom. The summed E-state index contributed by atoms with van der Waals surface area (Å²) in [5, 5.41) is 11.0. The summed E-state index contributed by atoms with van der Waals surface area (Å²) < 4.78 is 9.28. The maximum Gasteiger partial charge on any atom is 0.216 e. The Balaban J connectivity index is 1.35. The number of hydrogen-bond donors (Lipinski definition) is 2. The predicted octanol–water partition coefficient (Wildman–Crippen LogP) is 2.63. The van der Waals surface area contributed by atoms with Gasteiger partial charge in [-0.1, -0.05) is 6.07 Å². The van der Waals surface area contributed by atoms with Crippen molar-refractivity contribution < 1.29 is 4.74 Å². The van der Waals surface area contributed by atoms with Gasteiger partial charge in [-0.3, -0.25) is 9.58 Å². The number of hydrogen-bond acceptors (Lipinski definition) is 9. The van der Waals surface area contributed by atoms with E-state index in [1.165, 1.54) is 0 Å². The van der Waals surface area contributed by atoms with E-state index in [0.717, 1.165) is 55.3 Å². The van der Waals surface area contributed by atoms with Crippen molar-refractivity contribution in [3.63, 3.8) is 0 Å². The third kappa shape index (κ3) is 4.20. The molecule has 0 spiro atoms. The fourth-order valence-corrected chi connectivity index (χ4v) is 3.75. The SMILES string of the molecule is Cn1cc(-c2cnc(N=N)c(NCc3ccc4ncc(CN5CCOCC5)n4c3)n2)cn1. The molecule has 164 valence electrons. The van der Waals surface area contributed by atoms with Crippen LogP contribution in [0.2, 0.25) is 0 Å². The van der Waals surface area contributed by atoms with Gasteiger partial charge < -0.3 is 14.5 Å². The van der Waals surface area contributed by atoms with Gasteiger partial charge in [-0.15, -0.1) is 5.11 Å². The monoisotopic (exact) mass is 432 g/mol. The molecule has 0 atom stereocenters. The molecule has 0 aliphatic carbocycles. The van der Waals surface area contributed by atoms with Gasteiger partial charge in [0.05, 0.1) is 43.2 Å². The molecule has 32 heavy (non-hydrogen) atoms. The first-order valence-electron chi connectivity index (χ1n) is 10.4. The highest BCUT2D eigenvalue weighted by atomic mass is 16.5. The van der Waals surface area contributed by atoms with E-state index < -0.39 is 0 Å². The van der Waals surface area contributed by atoms with E-state index in [0.29, 0.717) is 18.1 Å². The average Bonchev–Trinajstić information content (AvgIpc) is 3.44. The number of nitrogens with one attached hydrogen (secondary N) is 2. The number of imidazole rings is 1. The molecule has 0 amide bonds. The van der Waals surface area contributed by atoms with Gasteiger partial charge in [0.2, 0.25) is 5.82 Å². The molecule has 1 saturated heterocycles. The summed E-state index contributed by atoms with van der Waals surface area (Å²) in [5.74, 6) is 0.704. The lowest BCUT2D eigenvalue weighted by atomic mass is 10.2. The fourth-order valence-electron chi connectivity index (χ4n) is 3.75. The first-order chi connectivity index (χ1) is 15.7. The number of nitrogens with zero attached hydrogens (tertiary/aromatic N) is 8. The first-order valence-corrected chi connectivity index (χ1v) is 10.4. The van der Waals surface area contributed by atoms with E-state index in [-0.39, 0.29) is 5.82 Å². The van der Waals surface area contributed by atoms with E-state index in [9.17, 15) is 0 Å². The molecule has 1 aliphatic heterocycles. The number of aryl methyl sites for hydroxylation is 1. The topological polar surface area (TPSA) is 122 Å². The van der Waals surface area contributed by atoms with Crippen molar-refractivity contribution in [1.82, 2.24) is 34.0 Å². The van der Waals surface area contributed by atoms with Crippen molar-refractivity contribution in [2.45, 2.75) is 13.1 Å². The smallest absolute Gasteiger partial charge is 0.216 e. The number of anilines is 1. The van der Waals surface area contributed by atoms with Crippen LogP contribution in [0, 0.1) is 5.53 Å². The van der Waals surface area contributed by atoms with Gasteiger partial charge in [-0.05, 0) is 11.6 Å². The highest BCUT2D eigenvalue weighted by Crippen LogP contribution is 2.25. The average molecular weight is 432 g/mol. The van der Waals surface area contributed by atoms with Crippen LogP contribution in [0.1, 0.15) is 11.3 Å². The van der Waals surface area contributed by atoms with Crippen LogP contribution in [-0.2, 0) is 24.9 Å². The molecule has 11 nitrogen and oxygen atoms in total. The summed E-state index contributed by atoms with van der Waals surface area (Å²) in [5.41, 5.74) is 12.1. The van der Waals surface area contributed by atoms with E-state index in [1.807, 2.05) is 31.6 Å². The Hall–Kier alpha value is -3.70. The molecular formula is C21H24N10O. The molecule has 5 rings (SSSR count). The van der Waals surface area contributed by atoms with E-state index in [2.05, 4.69) is 46.0 Å². The van der Waals surface area contributed by atoms with Gasteiger partial charge in [0.1, 0.15) is 5.65 Å². The first kappa shape index (κ1) is 20.2. The van der Waals surface area contributed by atoms with Crippen molar-refractivity contribution in [1.29, 1.82) is 5.53 Å². The van der Waals surface area contributed by atoms with Crippen molar-refractivity contribution in [2.75, 3.05) is 31.6 Å². The van der Waals surface area contributed by atoms with Crippen molar-refractivity contribution in [3.8, 4) is 11.3 Å². The largest absolute Gasteiger partial charge is 0.379 e. The second-order valence-corrected chi connectivity index (χ2v) is 7.70. The Morgan fingerprint density at radius 1 is 1.12 bits per heavy atom. The van der Waals surface area contributed by atoms with Crippen LogP contribution in [0.3, 0.4) is 0 Å². The second-order valence-electron chi connectivity index (χ2n) is 7.70. The van der Waals surface area contributed by atoms with E-state index in [1.54, 1.807) is 17.1 Å². The van der Waals surface area contributed by atoms with Crippen LogP contribution >= 0.6 is 0 Å². The van der Waals surface area contributed by atoms with Crippen molar-refractivity contribution in [2.24, 2.45) is 12.2 Å². The zero-order chi connectivity index (χ0) is 21.9. The van der Waals surface area contributed by atoms with Gasteiger partial charge in [0, 0.05) is 51.2 Å². The Bertz CT molecular complexity index is 1240. The maximum absolute atomic E-state index is 7.42. The minimum atomic E-state index is 0.245. The van der Waals surface area contributed by atoms with Crippen LogP contribution in [0.25, 0.3) is 16.9 Å². The summed E-state index contributed by atoms with van der Waals surface area (Å²) in [7, 11) is 1.85. The van der Waals surface area contributed by atoms with Gasteiger partial charge in [0.25, 0.3) is 0 Å². The third-order valence-electron chi connectivity index (χ3n) is 5.45. The normalized spacial score (nSPS) is 14.7. The van der Waals surface area contributed by atoms with Gasteiger partial charge in [-0.2, -0.15) is 5.10 Å². The van der Waals surface area contributed by atoms with E-state index in [4.69, 9.17) is 10.3 Å². The summed E-state index contributed by atoms with van der Waals surface area (Å²) in [4.78, 5) is 15.8. The van der Waals surface area contributed by atoms with Crippen LogP contribution in [0.4, 0.5) is 11.6 Å². The van der Waals surface area contributed by atoms with E-state index >= 15 is 0 Å². The minimum absolute atomic E-state index is 0.245. The summed E-state index contributed by atoms with van der Waals surface area (Å²) in [6.07, 6.45) is 9.22. The molecule has 0 saturated carbocycles. The second kappa shape index (κ2) is 8.81. The van der Waals surface area contributed by atoms with Gasteiger partial charge in [-0.25, -0.2) is 20.5 Å². The molecule has 1 fully saturated rings. The summed E-state index contributed by atoms with van der Waals surface area (Å²) >= 11 is 0. The van der Waals surface area contributed by atoms with Crippen molar-refractivity contribution >= 4 is 17.3 Å². The molecule has 0 aromatic carbocycles. The predicted molar refractivity (Wildman–Crippen MR) is 118 cm³/mol. The Kier molecular flexibility index (Phi) is 5.57. The molecule has 4 aromatic rings. The summed E-state index contributed by atoms with van der Waals surface area (Å²) in [6, 6.07) is 4.04. The lowest BCUT2D eigenvalue weighted by molar-refractivity contribution is 0.0335. The number of morpholine rings is 1. The molecule has 1 aliphatic rings. The lowest BCUT2D eigenvalue weighted by Gasteiger charge is -2.26. The molecule has 0 unspecified atom stereocenters. The number of fused-ring (bicyclic) bond motifs is 1. The zero-order valence-corrected chi connectivity index (χ0v) is 17.8. The Morgan fingerprint density at radius 3 is 2.78 bits per heavy atom. The van der Waals surface area contributed by atoms with Crippen molar-refractivity contribution in [3.05, 3.63) is 54.4 Å². The molecule has 4 aromatic heterocycles. The van der Waals surface area contributed by atoms with Crippen LogP contribution < -0.4 is 5.32 Å².